The van der Waals surface area contributed by atoms with Gasteiger partial charge in [-0.3, -0.25) is 4.79 Å². The van der Waals surface area contributed by atoms with E-state index in [1.54, 1.807) is 6.92 Å². The zero-order valence-corrected chi connectivity index (χ0v) is 14.8. The highest BCUT2D eigenvalue weighted by Crippen LogP contribution is 2.22. The topological polar surface area (TPSA) is 69.5 Å². The highest BCUT2D eigenvalue weighted by Gasteiger charge is 2.30. The van der Waals surface area contributed by atoms with Crippen molar-refractivity contribution < 1.29 is 10.1 Å². The third-order valence-corrected chi connectivity index (χ3v) is 4.76. The van der Waals surface area contributed by atoms with E-state index in [9.17, 15) is 10.1 Å². The lowest BCUT2D eigenvalue weighted by atomic mass is 9.90. The van der Waals surface area contributed by atoms with Gasteiger partial charge in [0.2, 0.25) is 0 Å². The van der Waals surface area contributed by atoms with E-state index in [4.69, 9.17) is 0 Å². The number of nitrogens with one attached hydrogen (secondary N) is 1. The Balaban J connectivity index is 2.04. The van der Waals surface area contributed by atoms with Crippen LogP contribution in [0.3, 0.4) is 0 Å². The van der Waals surface area contributed by atoms with Crippen LogP contribution in [0.15, 0.2) is 42.5 Å². The van der Waals surface area contributed by atoms with Gasteiger partial charge >= 0.3 is 0 Å². The number of amides is 1. The Morgan fingerprint density at radius 2 is 1.88 bits per heavy atom. The van der Waals surface area contributed by atoms with Gasteiger partial charge in [0, 0.05) is 5.56 Å². The predicted molar refractivity (Wildman–Crippen MR) is 96.2 cm³/mol. The first kappa shape index (κ1) is 18.0. The summed E-state index contributed by atoms with van der Waals surface area (Å²) in [6, 6.07) is 16.9. The number of nitrogens with two attached hydrogens (primary N) is 1. The number of hydrogen-bond donors (Lipinski definition) is 2. The van der Waals surface area contributed by atoms with E-state index >= 15 is 0 Å². The Hall–Kier alpha value is -2.38. The zero-order chi connectivity index (χ0) is 17.7. The van der Waals surface area contributed by atoms with E-state index in [1.165, 1.54) is 16.3 Å². The quantitative estimate of drug-likeness (QED) is 0.857. The molecule has 0 unspecified atom stereocenters. The van der Waals surface area contributed by atoms with Crippen LogP contribution in [0.25, 0.3) is 10.8 Å². The van der Waals surface area contributed by atoms with Crippen LogP contribution in [0.1, 0.15) is 39.3 Å². The molecule has 24 heavy (non-hydrogen) atoms. The van der Waals surface area contributed by atoms with Crippen LogP contribution in [0.4, 0.5) is 0 Å². The smallest absolute Gasteiger partial charge is 0.276 e. The number of carbonyl (C=O) groups excluding carboxylic acids is 1. The molecule has 0 aliphatic carbocycles. The van der Waals surface area contributed by atoms with E-state index in [2.05, 4.69) is 42.6 Å². The van der Waals surface area contributed by atoms with Gasteiger partial charge in [-0.2, -0.15) is 5.26 Å². The maximum atomic E-state index is 12.2. The van der Waals surface area contributed by atoms with Gasteiger partial charge in [-0.05, 0) is 30.5 Å². The monoisotopic (exact) mass is 324 g/mol. The number of benzene rings is 2. The van der Waals surface area contributed by atoms with Crippen LogP contribution in [0.2, 0.25) is 0 Å². The normalized spacial score (nSPS) is 14.8. The highest BCUT2D eigenvalue weighted by molar-refractivity contribution is 5.86. The second-order valence-corrected chi connectivity index (χ2v) is 6.81. The van der Waals surface area contributed by atoms with Crippen LogP contribution >= 0.6 is 0 Å². The number of nitriles is 1. The molecule has 0 heterocycles. The largest absolute Gasteiger partial charge is 0.333 e. The van der Waals surface area contributed by atoms with Gasteiger partial charge in [0.25, 0.3) is 5.91 Å². The van der Waals surface area contributed by atoms with Gasteiger partial charge in [-0.15, -0.1) is 0 Å². The minimum atomic E-state index is -0.826. The molecule has 1 amide bonds. The van der Waals surface area contributed by atoms with E-state index < -0.39 is 5.54 Å². The highest BCUT2D eigenvalue weighted by atomic mass is 16.2. The van der Waals surface area contributed by atoms with Gasteiger partial charge < -0.3 is 10.6 Å². The number of carbonyl (C=O) groups is 1. The Kier molecular flexibility index (Phi) is 5.58. The fraction of sp³-hybridized carbons (Fsp3) is 0.400. The molecule has 126 valence electrons. The molecule has 0 aliphatic rings. The Labute approximate surface area is 143 Å². The molecule has 2 rings (SSSR count). The third kappa shape index (κ3) is 3.93. The number of rotatable bonds is 6. The first-order valence-corrected chi connectivity index (χ1v) is 8.40. The molecule has 0 saturated heterocycles. The van der Waals surface area contributed by atoms with E-state index in [0.29, 0.717) is 6.54 Å². The number of quaternary nitrogens is 1. The molecule has 0 aliphatic heterocycles. The minimum absolute atomic E-state index is 0.0574. The van der Waals surface area contributed by atoms with Crippen molar-refractivity contribution in [3.05, 3.63) is 48.0 Å². The summed E-state index contributed by atoms with van der Waals surface area (Å²) in [4.78, 5) is 12.2. The number of nitrogens with zero attached hydrogens (tertiary/aromatic N) is 1. The van der Waals surface area contributed by atoms with Crippen molar-refractivity contribution in [3.8, 4) is 6.07 Å². The van der Waals surface area contributed by atoms with E-state index in [0.717, 1.165) is 0 Å². The fourth-order valence-electron chi connectivity index (χ4n) is 2.70. The summed E-state index contributed by atoms with van der Waals surface area (Å²) in [7, 11) is 0. The van der Waals surface area contributed by atoms with Crippen LogP contribution in [-0.4, -0.2) is 18.0 Å². The molecule has 0 saturated carbocycles. The molecule has 4 nitrogen and oxygen atoms in total. The molecule has 2 atom stereocenters. The molecule has 2 aromatic carbocycles. The Bertz CT molecular complexity index is 758. The summed E-state index contributed by atoms with van der Waals surface area (Å²) in [5, 5.41) is 16.6. The van der Waals surface area contributed by atoms with Crippen molar-refractivity contribution in [1.82, 2.24) is 5.32 Å². The van der Waals surface area contributed by atoms with Gasteiger partial charge in [-0.25, -0.2) is 0 Å². The van der Waals surface area contributed by atoms with Crippen molar-refractivity contribution in [3.63, 3.8) is 0 Å². The lowest BCUT2D eigenvalue weighted by Gasteiger charge is -2.27. The fourth-order valence-corrected chi connectivity index (χ4v) is 2.70. The van der Waals surface area contributed by atoms with Crippen molar-refractivity contribution in [2.24, 2.45) is 5.92 Å². The summed E-state index contributed by atoms with van der Waals surface area (Å²) in [5.41, 5.74) is 0.390. The molecular weight excluding hydrogens is 298 g/mol. The molecule has 2 aromatic rings. The average molecular weight is 324 g/mol. The van der Waals surface area contributed by atoms with Crippen LogP contribution in [0.5, 0.6) is 0 Å². The lowest BCUT2D eigenvalue weighted by molar-refractivity contribution is -0.682. The zero-order valence-electron chi connectivity index (χ0n) is 14.8. The SMILES string of the molecule is CC(C)[C@](C)(C#N)NC(=O)C[NH2+][C@@H](C)c1cccc2ccccc12. The summed E-state index contributed by atoms with van der Waals surface area (Å²) in [5.74, 6) is -0.0539. The summed E-state index contributed by atoms with van der Waals surface area (Å²) in [6.07, 6.45) is 0. The summed E-state index contributed by atoms with van der Waals surface area (Å²) in [6.45, 7) is 8.04. The standard InChI is InChI=1S/C20H25N3O/c1-14(2)20(4,13-21)23-19(24)12-22-15(3)17-11-7-9-16-8-5-6-10-18(16)17/h5-11,14-15,22H,12H2,1-4H3,(H,23,24)/p+1/t15-,20-/m0/s1. The molecule has 0 radical (unpaired) electrons. The van der Waals surface area contributed by atoms with Crippen LogP contribution < -0.4 is 10.6 Å². The molecular formula is C20H26N3O+. The van der Waals surface area contributed by atoms with Gasteiger partial charge in [0.05, 0.1) is 6.07 Å². The third-order valence-electron chi connectivity index (χ3n) is 4.76. The number of hydrogen-bond acceptors (Lipinski definition) is 2. The van der Waals surface area contributed by atoms with Crippen molar-refractivity contribution in [2.75, 3.05) is 6.54 Å². The van der Waals surface area contributed by atoms with Crippen molar-refractivity contribution in [1.29, 1.82) is 5.26 Å². The molecule has 0 bridgehead atoms. The molecule has 0 fully saturated rings. The maximum Gasteiger partial charge on any atom is 0.276 e. The number of fused-ring (bicyclic) bond motifs is 1. The summed E-state index contributed by atoms with van der Waals surface area (Å²) < 4.78 is 0. The molecule has 0 aromatic heterocycles. The van der Waals surface area contributed by atoms with E-state index in [1.807, 2.05) is 37.4 Å². The van der Waals surface area contributed by atoms with Crippen LogP contribution in [0, 0.1) is 17.2 Å². The second-order valence-electron chi connectivity index (χ2n) is 6.81. The van der Waals surface area contributed by atoms with Gasteiger partial charge in [0.15, 0.2) is 6.54 Å². The van der Waals surface area contributed by atoms with E-state index in [-0.39, 0.29) is 17.9 Å². The minimum Gasteiger partial charge on any atom is -0.333 e. The first-order chi connectivity index (χ1) is 11.4. The lowest BCUT2D eigenvalue weighted by Crippen LogP contribution is -2.87. The Morgan fingerprint density at radius 1 is 1.21 bits per heavy atom. The van der Waals surface area contributed by atoms with Crippen molar-refractivity contribution >= 4 is 16.7 Å². The molecule has 0 spiro atoms. The van der Waals surface area contributed by atoms with Crippen molar-refractivity contribution in [2.45, 2.75) is 39.3 Å². The predicted octanol–water partition coefficient (Wildman–Crippen LogP) is 2.52. The van der Waals surface area contributed by atoms with Gasteiger partial charge in [0.1, 0.15) is 11.6 Å². The summed E-state index contributed by atoms with van der Waals surface area (Å²) >= 11 is 0. The molecule has 3 N–H and O–H groups in total. The maximum absolute atomic E-state index is 12.2. The average Bonchev–Trinajstić information content (AvgIpc) is 2.58. The second kappa shape index (κ2) is 7.46. The first-order valence-electron chi connectivity index (χ1n) is 8.40. The van der Waals surface area contributed by atoms with Gasteiger partial charge in [-0.1, -0.05) is 56.3 Å². The molecule has 4 heteroatoms. The Morgan fingerprint density at radius 3 is 2.54 bits per heavy atom. The van der Waals surface area contributed by atoms with Crippen LogP contribution in [-0.2, 0) is 4.79 Å².